The summed E-state index contributed by atoms with van der Waals surface area (Å²) in [5, 5.41) is 19.7. The molecule has 3 atom stereocenters. The van der Waals surface area contributed by atoms with E-state index < -0.39 is 18.1 Å². The van der Waals surface area contributed by atoms with Gasteiger partial charge in [0.25, 0.3) is 0 Å². The van der Waals surface area contributed by atoms with Gasteiger partial charge in [-0.1, -0.05) is 67.6 Å². The minimum Gasteiger partial charge on any atom is -0.480 e. The summed E-state index contributed by atoms with van der Waals surface area (Å²) >= 11 is 0. The number of carboxylic acid groups (broad SMARTS) is 1. The Labute approximate surface area is 143 Å². The van der Waals surface area contributed by atoms with Crippen molar-refractivity contribution in [2.45, 2.75) is 39.1 Å². The highest BCUT2D eigenvalue weighted by molar-refractivity contribution is 5.74. The molecule has 24 heavy (non-hydrogen) atoms. The molecule has 0 unspecified atom stereocenters. The van der Waals surface area contributed by atoms with Crippen LogP contribution in [0.25, 0.3) is 0 Å². The second kappa shape index (κ2) is 8.62. The lowest BCUT2D eigenvalue weighted by Crippen LogP contribution is -2.47. The van der Waals surface area contributed by atoms with Crippen molar-refractivity contribution in [3.63, 3.8) is 0 Å². The van der Waals surface area contributed by atoms with Gasteiger partial charge in [0.05, 0.1) is 6.10 Å². The minimum absolute atomic E-state index is 0.380. The number of carbonyl (C=O) groups is 1. The smallest absolute Gasteiger partial charge is 0.321 e. The molecular formula is C20H25NO3. The van der Waals surface area contributed by atoms with Gasteiger partial charge in [-0.25, -0.2) is 0 Å². The third-order valence-electron chi connectivity index (χ3n) is 4.36. The number of aliphatic carboxylic acids is 1. The molecule has 0 fully saturated rings. The molecule has 0 saturated carbocycles. The summed E-state index contributed by atoms with van der Waals surface area (Å²) in [7, 11) is 0. The van der Waals surface area contributed by atoms with Crippen molar-refractivity contribution in [1.29, 1.82) is 0 Å². The highest BCUT2D eigenvalue weighted by atomic mass is 16.4. The Bertz CT molecular complexity index is 586. The predicted octanol–water partition coefficient (Wildman–Crippen LogP) is 3.16. The van der Waals surface area contributed by atoms with Crippen LogP contribution in [0.2, 0.25) is 0 Å². The molecule has 0 saturated heterocycles. The van der Waals surface area contributed by atoms with Gasteiger partial charge in [-0.3, -0.25) is 9.69 Å². The molecule has 0 spiro atoms. The zero-order valence-corrected chi connectivity index (χ0v) is 14.2. The quantitative estimate of drug-likeness (QED) is 0.782. The van der Waals surface area contributed by atoms with Crippen molar-refractivity contribution < 1.29 is 15.0 Å². The van der Waals surface area contributed by atoms with Crippen molar-refractivity contribution in [3.8, 4) is 0 Å². The number of carboxylic acids is 1. The first-order valence-electron chi connectivity index (χ1n) is 8.22. The fourth-order valence-corrected chi connectivity index (χ4v) is 2.87. The molecule has 0 aliphatic heterocycles. The Kier molecular flexibility index (Phi) is 6.53. The Morgan fingerprint density at radius 3 is 1.67 bits per heavy atom. The summed E-state index contributed by atoms with van der Waals surface area (Å²) in [6.07, 6.45) is -0.694. The third-order valence-corrected chi connectivity index (χ3v) is 4.36. The molecule has 2 N–H and O–H groups in total. The van der Waals surface area contributed by atoms with E-state index in [1.165, 1.54) is 0 Å². The number of benzene rings is 2. The van der Waals surface area contributed by atoms with Crippen molar-refractivity contribution in [2.75, 3.05) is 0 Å². The Morgan fingerprint density at radius 2 is 1.33 bits per heavy atom. The van der Waals surface area contributed by atoms with Gasteiger partial charge < -0.3 is 10.2 Å². The molecule has 2 aromatic rings. The SMILES string of the molecule is C[C@@H]([C@H](C)O)[C@@H](C(=O)O)N(Cc1ccccc1)Cc1ccccc1. The van der Waals surface area contributed by atoms with Gasteiger partial charge in [-0.15, -0.1) is 0 Å². The molecule has 0 aliphatic rings. The molecule has 128 valence electrons. The van der Waals surface area contributed by atoms with E-state index in [9.17, 15) is 15.0 Å². The average molecular weight is 327 g/mol. The van der Waals surface area contributed by atoms with Gasteiger partial charge in [0, 0.05) is 19.0 Å². The van der Waals surface area contributed by atoms with Gasteiger partial charge >= 0.3 is 5.97 Å². The van der Waals surface area contributed by atoms with E-state index in [0.717, 1.165) is 11.1 Å². The van der Waals surface area contributed by atoms with Crippen LogP contribution in [0, 0.1) is 5.92 Å². The fraction of sp³-hybridized carbons (Fsp3) is 0.350. The van der Waals surface area contributed by atoms with Crippen LogP contribution in [0.5, 0.6) is 0 Å². The maximum atomic E-state index is 11.9. The van der Waals surface area contributed by atoms with Gasteiger partial charge in [-0.2, -0.15) is 0 Å². The van der Waals surface area contributed by atoms with Crippen molar-refractivity contribution in [3.05, 3.63) is 71.8 Å². The van der Waals surface area contributed by atoms with Crippen molar-refractivity contribution in [2.24, 2.45) is 5.92 Å². The highest BCUT2D eigenvalue weighted by Crippen LogP contribution is 2.21. The van der Waals surface area contributed by atoms with Crippen LogP contribution in [0.1, 0.15) is 25.0 Å². The zero-order valence-electron chi connectivity index (χ0n) is 14.2. The number of nitrogens with zero attached hydrogens (tertiary/aromatic N) is 1. The molecule has 4 heteroatoms. The summed E-state index contributed by atoms with van der Waals surface area (Å²) in [5.74, 6) is -1.29. The molecular weight excluding hydrogens is 302 g/mol. The molecule has 2 rings (SSSR count). The van der Waals surface area contributed by atoms with Crippen LogP contribution in [-0.4, -0.2) is 33.2 Å². The summed E-state index contributed by atoms with van der Waals surface area (Å²) in [6.45, 7) is 4.46. The van der Waals surface area contributed by atoms with Crippen LogP contribution < -0.4 is 0 Å². The van der Waals surface area contributed by atoms with Crippen molar-refractivity contribution in [1.82, 2.24) is 4.90 Å². The third kappa shape index (κ3) is 4.91. The molecule has 0 heterocycles. The summed E-state index contributed by atoms with van der Waals surface area (Å²) in [4.78, 5) is 13.8. The molecule has 4 nitrogen and oxygen atoms in total. The Hall–Kier alpha value is -2.17. The Balaban J connectivity index is 2.30. The number of hydrogen-bond donors (Lipinski definition) is 2. The first kappa shape index (κ1) is 18.2. The lowest BCUT2D eigenvalue weighted by atomic mass is 9.94. The number of aliphatic hydroxyl groups is 1. The predicted molar refractivity (Wildman–Crippen MR) is 94.4 cm³/mol. The highest BCUT2D eigenvalue weighted by Gasteiger charge is 2.33. The lowest BCUT2D eigenvalue weighted by molar-refractivity contribution is -0.147. The first-order chi connectivity index (χ1) is 11.5. The molecule has 0 aromatic heterocycles. The van der Waals surface area contributed by atoms with Crippen LogP contribution in [0.3, 0.4) is 0 Å². The van der Waals surface area contributed by atoms with E-state index in [1.54, 1.807) is 13.8 Å². The fourth-order valence-electron chi connectivity index (χ4n) is 2.87. The van der Waals surface area contributed by atoms with E-state index in [0.29, 0.717) is 13.1 Å². The maximum absolute atomic E-state index is 11.9. The molecule has 0 bridgehead atoms. The second-order valence-corrected chi connectivity index (χ2v) is 6.26. The zero-order chi connectivity index (χ0) is 17.5. The molecule has 2 aromatic carbocycles. The summed E-state index contributed by atoms with van der Waals surface area (Å²) in [5.41, 5.74) is 2.11. The van der Waals surface area contributed by atoms with E-state index in [-0.39, 0.29) is 5.92 Å². The normalized spacial score (nSPS) is 15.0. The van der Waals surface area contributed by atoms with Gasteiger partial charge in [0.1, 0.15) is 6.04 Å². The summed E-state index contributed by atoms with van der Waals surface area (Å²) < 4.78 is 0. The van der Waals surface area contributed by atoms with Gasteiger partial charge in [0.2, 0.25) is 0 Å². The van der Waals surface area contributed by atoms with Crippen LogP contribution >= 0.6 is 0 Å². The first-order valence-corrected chi connectivity index (χ1v) is 8.22. The molecule has 0 aliphatic carbocycles. The number of rotatable bonds is 8. The standard InChI is InChI=1S/C20H25NO3/c1-15(16(2)22)19(20(23)24)21(13-17-9-5-3-6-10-17)14-18-11-7-4-8-12-18/h3-12,15-16,19,22H,13-14H2,1-2H3,(H,23,24)/t15-,16-,19-/m0/s1. The number of aliphatic hydroxyl groups excluding tert-OH is 1. The van der Waals surface area contributed by atoms with E-state index in [1.807, 2.05) is 65.6 Å². The van der Waals surface area contributed by atoms with Crippen LogP contribution in [-0.2, 0) is 17.9 Å². The van der Waals surface area contributed by atoms with Gasteiger partial charge in [0.15, 0.2) is 0 Å². The second-order valence-electron chi connectivity index (χ2n) is 6.26. The number of hydrogen-bond acceptors (Lipinski definition) is 3. The monoisotopic (exact) mass is 327 g/mol. The van der Waals surface area contributed by atoms with E-state index >= 15 is 0 Å². The van der Waals surface area contributed by atoms with Crippen LogP contribution in [0.4, 0.5) is 0 Å². The van der Waals surface area contributed by atoms with Crippen LogP contribution in [0.15, 0.2) is 60.7 Å². The Morgan fingerprint density at radius 1 is 0.917 bits per heavy atom. The topological polar surface area (TPSA) is 60.8 Å². The lowest BCUT2D eigenvalue weighted by Gasteiger charge is -2.34. The van der Waals surface area contributed by atoms with E-state index in [4.69, 9.17) is 0 Å². The van der Waals surface area contributed by atoms with Gasteiger partial charge in [-0.05, 0) is 18.1 Å². The maximum Gasteiger partial charge on any atom is 0.321 e. The summed E-state index contributed by atoms with van der Waals surface area (Å²) in [6, 6.07) is 18.9. The van der Waals surface area contributed by atoms with E-state index in [2.05, 4.69) is 0 Å². The largest absolute Gasteiger partial charge is 0.480 e. The molecule has 0 amide bonds. The average Bonchev–Trinajstić information content (AvgIpc) is 2.56. The molecule has 0 radical (unpaired) electrons. The van der Waals surface area contributed by atoms with Crippen molar-refractivity contribution >= 4 is 5.97 Å². The minimum atomic E-state index is -0.907.